The van der Waals surface area contributed by atoms with E-state index < -0.39 is 0 Å². The molecule has 0 aromatic carbocycles. The average molecular weight is 186 g/mol. The van der Waals surface area contributed by atoms with Crippen molar-refractivity contribution < 1.29 is 4.79 Å². The number of carbonyl (C=O) groups excluding carboxylic acids is 1. The first-order valence-corrected chi connectivity index (χ1v) is 5.11. The lowest BCUT2D eigenvalue weighted by atomic mass is 10.1. The van der Waals surface area contributed by atoms with Crippen LogP contribution in [-0.4, -0.2) is 30.4 Å². The molecule has 0 aromatic rings. The Labute approximate surface area is 81.3 Å². The minimum Gasteiger partial charge on any atom is -0.346 e. The molecule has 0 saturated carbocycles. The first-order chi connectivity index (χ1) is 6.11. The van der Waals surface area contributed by atoms with Gasteiger partial charge in [-0.1, -0.05) is 20.3 Å². The van der Waals surface area contributed by atoms with E-state index in [-0.39, 0.29) is 11.9 Å². The van der Waals surface area contributed by atoms with Crippen LogP contribution in [0, 0.1) is 0 Å². The lowest BCUT2D eigenvalue weighted by molar-refractivity contribution is -0.130. The van der Waals surface area contributed by atoms with Gasteiger partial charge in [-0.15, -0.1) is 0 Å². The van der Waals surface area contributed by atoms with Crippen molar-refractivity contribution >= 4 is 5.91 Å². The van der Waals surface area contributed by atoms with Crippen molar-refractivity contribution in [2.75, 3.05) is 13.6 Å². The predicted octanol–water partition coefficient (Wildman–Crippen LogP) is 1.37. The Hall–Kier alpha value is -0.570. The molecule has 0 aromatic heterocycles. The molecule has 0 fully saturated rings. The monoisotopic (exact) mass is 186 g/mol. The Bertz CT molecular complexity index is 148. The summed E-state index contributed by atoms with van der Waals surface area (Å²) < 4.78 is 0. The van der Waals surface area contributed by atoms with Gasteiger partial charge in [-0.25, -0.2) is 0 Å². The molecule has 1 amide bonds. The maximum absolute atomic E-state index is 11.5. The quantitative estimate of drug-likeness (QED) is 0.681. The molecule has 1 unspecified atom stereocenters. The lowest BCUT2D eigenvalue weighted by Crippen LogP contribution is -2.33. The first-order valence-electron chi connectivity index (χ1n) is 5.11. The Kier molecular flexibility index (Phi) is 6.59. The van der Waals surface area contributed by atoms with Gasteiger partial charge in [0, 0.05) is 26.1 Å². The standard InChI is InChI=1S/C10H22N2O/c1-4-6-9(11)8-10(13)12(3)7-5-2/h9H,4-8,11H2,1-3H3. The van der Waals surface area contributed by atoms with E-state index in [1.807, 2.05) is 7.05 Å². The number of rotatable bonds is 6. The highest BCUT2D eigenvalue weighted by Gasteiger charge is 2.11. The van der Waals surface area contributed by atoms with Crippen LogP contribution >= 0.6 is 0 Å². The van der Waals surface area contributed by atoms with Gasteiger partial charge in [0.2, 0.25) is 5.91 Å². The predicted molar refractivity (Wildman–Crippen MR) is 55.4 cm³/mol. The summed E-state index contributed by atoms with van der Waals surface area (Å²) >= 11 is 0. The van der Waals surface area contributed by atoms with E-state index in [4.69, 9.17) is 5.73 Å². The Morgan fingerprint density at radius 2 is 2.00 bits per heavy atom. The number of hydrogen-bond donors (Lipinski definition) is 1. The molecule has 13 heavy (non-hydrogen) atoms. The maximum atomic E-state index is 11.5. The summed E-state index contributed by atoms with van der Waals surface area (Å²) in [5.41, 5.74) is 5.77. The van der Waals surface area contributed by atoms with Gasteiger partial charge in [0.1, 0.15) is 0 Å². The molecule has 0 heterocycles. The van der Waals surface area contributed by atoms with Crippen LogP contribution in [0.15, 0.2) is 0 Å². The summed E-state index contributed by atoms with van der Waals surface area (Å²) in [4.78, 5) is 13.2. The van der Waals surface area contributed by atoms with Crippen molar-refractivity contribution in [2.24, 2.45) is 5.73 Å². The number of carbonyl (C=O) groups is 1. The van der Waals surface area contributed by atoms with Gasteiger partial charge in [-0.3, -0.25) is 4.79 Å². The smallest absolute Gasteiger partial charge is 0.223 e. The number of hydrogen-bond acceptors (Lipinski definition) is 2. The molecule has 3 heteroatoms. The van der Waals surface area contributed by atoms with E-state index in [1.165, 1.54) is 0 Å². The highest BCUT2D eigenvalue weighted by molar-refractivity contribution is 5.76. The average Bonchev–Trinajstić information content (AvgIpc) is 2.05. The highest BCUT2D eigenvalue weighted by atomic mass is 16.2. The third kappa shape index (κ3) is 5.64. The van der Waals surface area contributed by atoms with Gasteiger partial charge in [-0.2, -0.15) is 0 Å². The van der Waals surface area contributed by atoms with Crippen LogP contribution in [0.25, 0.3) is 0 Å². The van der Waals surface area contributed by atoms with Crippen LogP contribution in [0.3, 0.4) is 0 Å². The fraction of sp³-hybridized carbons (Fsp3) is 0.900. The van der Waals surface area contributed by atoms with Crippen molar-refractivity contribution in [3.8, 4) is 0 Å². The van der Waals surface area contributed by atoms with Crippen molar-refractivity contribution in [2.45, 2.75) is 45.6 Å². The maximum Gasteiger partial charge on any atom is 0.223 e. The lowest BCUT2D eigenvalue weighted by Gasteiger charge is -2.18. The number of nitrogens with two attached hydrogens (primary N) is 1. The minimum atomic E-state index is 0.0387. The second kappa shape index (κ2) is 6.89. The zero-order chi connectivity index (χ0) is 10.3. The van der Waals surface area contributed by atoms with E-state index in [2.05, 4.69) is 13.8 Å². The molecule has 1 atom stereocenters. The summed E-state index contributed by atoms with van der Waals surface area (Å²) in [5, 5.41) is 0. The van der Waals surface area contributed by atoms with Crippen LogP contribution < -0.4 is 5.73 Å². The van der Waals surface area contributed by atoms with E-state index in [0.717, 1.165) is 25.8 Å². The second-order valence-corrected chi connectivity index (χ2v) is 3.57. The largest absolute Gasteiger partial charge is 0.346 e. The summed E-state index contributed by atoms with van der Waals surface area (Å²) in [6.07, 6.45) is 3.48. The minimum absolute atomic E-state index is 0.0387. The van der Waals surface area contributed by atoms with Crippen molar-refractivity contribution in [1.29, 1.82) is 0 Å². The molecule has 2 N–H and O–H groups in total. The molecule has 0 aliphatic rings. The van der Waals surface area contributed by atoms with Crippen LogP contribution in [0.4, 0.5) is 0 Å². The molecule has 0 saturated heterocycles. The van der Waals surface area contributed by atoms with Crippen molar-refractivity contribution in [3.63, 3.8) is 0 Å². The molecule has 0 aliphatic carbocycles. The summed E-state index contributed by atoms with van der Waals surface area (Å²) in [6, 6.07) is 0.0387. The van der Waals surface area contributed by atoms with Gasteiger partial charge in [0.05, 0.1) is 0 Å². The molecular weight excluding hydrogens is 164 g/mol. The van der Waals surface area contributed by atoms with Gasteiger partial charge < -0.3 is 10.6 Å². The van der Waals surface area contributed by atoms with E-state index in [0.29, 0.717) is 6.42 Å². The molecule has 0 bridgehead atoms. The summed E-state index contributed by atoms with van der Waals surface area (Å²) in [6.45, 7) is 4.98. The molecule has 78 valence electrons. The molecular formula is C10H22N2O. The fourth-order valence-electron chi connectivity index (χ4n) is 1.31. The van der Waals surface area contributed by atoms with Crippen LogP contribution in [0.1, 0.15) is 39.5 Å². The topological polar surface area (TPSA) is 46.3 Å². The number of amides is 1. The molecule has 0 radical (unpaired) electrons. The Morgan fingerprint density at radius 3 is 2.46 bits per heavy atom. The van der Waals surface area contributed by atoms with Gasteiger partial charge in [0.25, 0.3) is 0 Å². The van der Waals surface area contributed by atoms with Gasteiger partial charge in [0.15, 0.2) is 0 Å². The molecule has 0 aliphatic heterocycles. The van der Waals surface area contributed by atoms with Gasteiger partial charge >= 0.3 is 0 Å². The van der Waals surface area contributed by atoms with Crippen LogP contribution in [0.5, 0.6) is 0 Å². The second-order valence-electron chi connectivity index (χ2n) is 3.57. The van der Waals surface area contributed by atoms with Crippen LogP contribution in [-0.2, 0) is 4.79 Å². The van der Waals surface area contributed by atoms with E-state index in [1.54, 1.807) is 4.90 Å². The Balaban J connectivity index is 3.71. The first kappa shape index (κ1) is 12.4. The van der Waals surface area contributed by atoms with Crippen LogP contribution in [0.2, 0.25) is 0 Å². The third-order valence-corrected chi connectivity index (χ3v) is 2.08. The van der Waals surface area contributed by atoms with E-state index in [9.17, 15) is 4.79 Å². The van der Waals surface area contributed by atoms with E-state index >= 15 is 0 Å². The third-order valence-electron chi connectivity index (χ3n) is 2.08. The van der Waals surface area contributed by atoms with Crippen molar-refractivity contribution in [3.05, 3.63) is 0 Å². The normalized spacial score (nSPS) is 12.6. The molecule has 0 spiro atoms. The zero-order valence-electron chi connectivity index (χ0n) is 9.05. The Morgan fingerprint density at radius 1 is 1.38 bits per heavy atom. The molecule has 3 nitrogen and oxygen atoms in total. The SMILES string of the molecule is CCCC(N)CC(=O)N(C)CCC. The highest BCUT2D eigenvalue weighted by Crippen LogP contribution is 2.01. The fourth-order valence-corrected chi connectivity index (χ4v) is 1.31. The van der Waals surface area contributed by atoms with Crippen molar-refractivity contribution in [1.82, 2.24) is 4.90 Å². The zero-order valence-corrected chi connectivity index (χ0v) is 9.05. The summed E-state index contributed by atoms with van der Waals surface area (Å²) in [7, 11) is 1.84. The number of nitrogens with zero attached hydrogens (tertiary/aromatic N) is 1. The van der Waals surface area contributed by atoms with Gasteiger partial charge in [-0.05, 0) is 12.8 Å². The molecule has 0 rings (SSSR count). The summed E-state index contributed by atoms with van der Waals surface area (Å²) in [5.74, 6) is 0.169.